The second kappa shape index (κ2) is 5.21. The Balaban J connectivity index is 1.66. The van der Waals surface area contributed by atoms with Crippen molar-refractivity contribution in [3.8, 4) is 0 Å². The third-order valence-corrected chi connectivity index (χ3v) is 2.72. The maximum absolute atomic E-state index is 11.4. The topological polar surface area (TPSA) is 41.1 Å². The molecule has 2 rings (SSSR count). The van der Waals surface area contributed by atoms with E-state index in [2.05, 4.69) is 10.6 Å². The fraction of sp³-hybridized carbons (Fsp3) is 0.417. The van der Waals surface area contributed by atoms with Crippen molar-refractivity contribution >= 4 is 23.2 Å². The number of hydrogen-bond acceptors (Lipinski definition) is 2. The summed E-state index contributed by atoms with van der Waals surface area (Å²) in [5.74, 6) is 0.129. The number of nitrogens with one attached hydrogen (secondary N) is 2. The second-order valence-corrected chi connectivity index (χ2v) is 4.46. The van der Waals surface area contributed by atoms with Crippen molar-refractivity contribution in [2.75, 3.05) is 11.9 Å². The Kier molecular flexibility index (Phi) is 3.67. The Morgan fingerprint density at radius 2 is 2.00 bits per heavy atom. The predicted molar refractivity (Wildman–Crippen MR) is 65.7 cm³/mol. The highest BCUT2D eigenvalue weighted by Gasteiger charge is 2.22. The van der Waals surface area contributed by atoms with Crippen LogP contribution in [0.2, 0.25) is 5.02 Å². The molecule has 0 aliphatic heterocycles. The van der Waals surface area contributed by atoms with Gasteiger partial charge in [0.1, 0.15) is 0 Å². The molecular weight excluding hydrogens is 224 g/mol. The third kappa shape index (κ3) is 3.74. The Labute approximate surface area is 100 Å². The summed E-state index contributed by atoms with van der Waals surface area (Å²) < 4.78 is 0. The Hall–Kier alpha value is -1.22. The van der Waals surface area contributed by atoms with E-state index in [0.29, 0.717) is 19.0 Å². The van der Waals surface area contributed by atoms with Crippen LogP contribution >= 0.6 is 11.6 Å². The minimum atomic E-state index is 0.129. The molecule has 1 saturated carbocycles. The third-order valence-electron chi connectivity index (χ3n) is 2.47. The molecule has 3 nitrogen and oxygen atoms in total. The van der Waals surface area contributed by atoms with Crippen LogP contribution in [0, 0.1) is 0 Å². The number of rotatable bonds is 5. The summed E-state index contributed by atoms with van der Waals surface area (Å²) in [6.07, 6.45) is 2.78. The SMILES string of the molecule is O=C(CCNc1ccc(Cl)cc1)NC1CC1. The molecule has 2 N–H and O–H groups in total. The molecular formula is C12H15ClN2O. The van der Waals surface area contributed by atoms with E-state index in [1.807, 2.05) is 24.3 Å². The second-order valence-electron chi connectivity index (χ2n) is 4.03. The standard InChI is InChI=1S/C12H15ClN2O/c13-9-1-3-10(4-2-9)14-8-7-12(16)15-11-5-6-11/h1-4,11,14H,5-8H2,(H,15,16). The molecule has 1 aromatic carbocycles. The van der Waals surface area contributed by atoms with Crippen molar-refractivity contribution in [3.05, 3.63) is 29.3 Å². The lowest BCUT2D eigenvalue weighted by atomic mass is 10.3. The molecule has 86 valence electrons. The van der Waals surface area contributed by atoms with Gasteiger partial charge in [-0.05, 0) is 37.1 Å². The van der Waals surface area contributed by atoms with Crippen LogP contribution in [0.25, 0.3) is 0 Å². The molecule has 0 heterocycles. The molecule has 1 aromatic rings. The first-order valence-corrected chi connectivity index (χ1v) is 5.90. The maximum Gasteiger partial charge on any atom is 0.221 e. The van der Waals surface area contributed by atoms with E-state index in [9.17, 15) is 4.79 Å². The molecule has 0 spiro atoms. The Bertz CT molecular complexity index is 360. The number of benzene rings is 1. The van der Waals surface area contributed by atoms with Crippen LogP contribution in [0.4, 0.5) is 5.69 Å². The zero-order valence-electron chi connectivity index (χ0n) is 9.00. The van der Waals surface area contributed by atoms with Gasteiger partial charge in [0.15, 0.2) is 0 Å². The maximum atomic E-state index is 11.4. The van der Waals surface area contributed by atoms with E-state index in [1.54, 1.807) is 0 Å². The molecule has 1 fully saturated rings. The number of amides is 1. The average molecular weight is 239 g/mol. The number of carbonyl (C=O) groups excluding carboxylic acids is 1. The van der Waals surface area contributed by atoms with Crippen molar-refractivity contribution in [3.63, 3.8) is 0 Å². The summed E-state index contributed by atoms with van der Waals surface area (Å²) in [6.45, 7) is 0.653. The van der Waals surface area contributed by atoms with Crippen LogP contribution in [0.3, 0.4) is 0 Å². The zero-order chi connectivity index (χ0) is 11.4. The van der Waals surface area contributed by atoms with Crippen molar-refractivity contribution in [2.45, 2.75) is 25.3 Å². The van der Waals surface area contributed by atoms with Crippen molar-refractivity contribution in [1.29, 1.82) is 0 Å². The summed E-state index contributed by atoms with van der Waals surface area (Å²) in [7, 11) is 0. The van der Waals surface area contributed by atoms with Gasteiger partial charge in [0, 0.05) is 29.7 Å². The Morgan fingerprint density at radius 3 is 2.62 bits per heavy atom. The van der Waals surface area contributed by atoms with Crippen LogP contribution in [0.15, 0.2) is 24.3 Å². The fourth-order valence-electron chi connectivity index (χ4n) is 1.42. The van der Waals surface area contributed by atoms with Crippen molar-refractivity contribution < 1.29 is 4.79 Å². The smallest absolute Gasteiger partial charge is 0.221 e. The minimum absolute atomic E-state index is 0.129. The van der Waals surface area contributed by atoms with Gasteiger partial charge >= 0.3 is 0 Å². The molecule has 1 aliphatic carbocycles. The molecule has 0 unspecified atom stereocenters. The lowest BCUT2D eigenvalue weighted by Crippen LogP contribution is -2.27. The normalized spacial score (nSPS) is 14.6. The molecule has 1 amide bonds. The molecule has 0 saturated heterocycles. The molecule has 0 atom stereocenters. The largest absolute Gasteiger partial charge is 0.385 e. The highest BCUT2D eigenvalue weighted by atomic mass is 35.5. The van der Waals surface area contributed by atoms with Gasteiger partial charge in [-0.1, -0.05) is 11.6 Å². The lowest BCUT2D eigenvalue weighted by molar-refractivity contribution is -0.120. The summed E-state index contributed by atoms with van der Waals surface area (Å²) >= 11 is 5.77. The van der Waals surface area contributed by atoms with E-state index in [-0.39, 0.29) is 5.91 Å². The van der Waals surface area contributed by atoms with Crippen LogP contribution < -0.4 is 10.6 Å². The van der Waals surface area contributed by atoms with E-state index >= 15 is 0 Å². The Morgan fingerprint density at radius 1 is 1.31 bits per heavy atom. The van der Waals surface area contributed by atoms with Gasteiger partial charge in [-0.15, -0.1) is 0 Å². The first-order valence-electron chi connectivity index (χ1n) is 5.53. The van der Waals surface area contributed by atoms with Crippen LogP contribution in [0.1, 0.15) is 19.3 Å². The van der Waals surface area contributed by atoms with Crippen molar-refractivity contribution in [2.24, 2.45) is 0 Å². The van der Waals surface area contributed by atoms with Crippen LogP contribution in [0.5, 0.6) is 0 Å². The lowest BCUT2D eigenvalue weighted by Gasteiger charge is -2.06. The van der Waals surface area contributed by atoms with Crippen LogP contribution in [-0.2, 0) is 4.79 Å². The summed E-state index contributed by atoms with van der Waals surface area (Å²) in [5.41, 5.74) is 0.989. The summed E-state index contributed by atoms with van der Waals surface area (Å²) in [5, 5.41) is 6.85. The van der Waals surface area contributed by atoms with Gasteiger partial charge in [0.25, 0.3) is 0 Å². The number of anilines is 1. The summed E-state index contributed by atoms with van der Waals surface area (Å²) in [6, 6.07) is 7.91. The minimum Gasteiger partial charge on any atom is -0.385 e. The van der Waals surface area contributed by atoms with E-state index < -0.39 is 0 Å². The molecule has 4 heteroatoms. The van der Waals surface area contributed by atoms with Crippen LogP contribution in [-0.4, -0.2) is 18.5 Å². The van der Waals surface area contributed by atoms with Gasteiger partial charge in [0.2, 0.25) is 5.91 Å². The number of halogens is 1. The van der Waals surface area contributed by atoms with Gasteiger partial charge < -0.3 is 10.6 Å². The van der Waals surface area contributed by atoms with Crippen molar-refractivity contribution in [1.82, 2.24) is 5.32 Å². The quantitative estimate of drug-likeness (QED) is 0.827. The van der Waals surface area contributed by atoms with Gasteiger partial charge in [-0.3, -0.25) is 4.79 Å². The molecule has 0 aromatic heterocycles. The zero-order valence-corrected chi connectivity index (χ0v) is 9.76. The first-order chi connectivity index (χ1) is 7.74. The predicted octanol–water partition coefficient (Wildman–Crippen LogP) is 2.42. The summed E-state index contributed by atoms with van der Waals surface area (Å²) in [4.78, 5) is 11.4. The highest BCUT2D eigenvalue weighted by Crippen LogP contribution is 2.18. The molecule has 0 radical (unpaired) electrons. The average Bonchev–Trinajstić information content (AvgIpc) is 3.05. The van der Waals surface area contributed by atoms with E-state index in [4.69, 9.17) is 11.6 Å². The molecule has 0 bridgehead atoms. The molecule has 16 heavy (non-hydrogen) atoms. The van der Waals surface area contributed by atoms with E-state index in [1.165, 1.54) is 0 Å². The number of carbonyl (C=O) groups is 1. The first kappa shape index (κ1) is 11.3. The fourth-order valence-corrected chi connectivity index (χ4v) is 1.54. The van der Waals surface area contributed by atoms with Gasteiger partial charge in [-0.2, -0.15) is 0 Å². The molecule has 1 aliphatic rings. The van der Waals surface area contributed by atoms with Gasteiger partial charge in [0.05, 0.1) is 0 Å². The monoisotopic (exact) mass is 238 g/mol. The highest BCUT2D eigenvalue weighted by molar-refractivity contribution is 6.30. The van der Waals surface area contributed by atoms with Gasteiger partial charge in [-0.25, -0.2) is 0 Å². The van der Waals surface area contributed by atoms with E-state index in [0.717, 1.165) is 23.6 Å². The number of hydrogen-bond donors (Lipinski definition) is 2.